The molecular formula is C31H49N5O8. The van der Waals surface area contributed by atoms with E-state index in [-0.39, 0.29) is 29.7 Å². The van der Waals surface area contributed by atoms with E-state index < -0.39 is 17.9 Å². The van der Waals surface area contributed by atoms with E-state index in [4.69, 9.17) is 9.15 Å². The number of unbranched alkanes of at least 4 members (excludes halogenated alkanes) is 2. The molecule has 0 spiro atoms. The van der Waals surface area contributed by atoms with Gasteiger partial charge >= 0.3 is 0 Å². The van der Waals surface area contributed by atoms with E-state index >= 15 is 0 Å². The maximum atomic E-state index is 13.0. The van der Waals surface area contributed by atoms with Crippen molar-refractivity contribution in [2.75, 3.05) is 47.5 Å². The van der Waals surface area contributed by atoms with Crippen LogP contribution in [-0.4, -0.2) is 97.9 Å². The summed E-state index contributed by atoms with van der Waals surface area (Å²) in [7, 11) is 6.14. The van der Waals surface area contributed by atoms with Crippen LogP contribution >= 0.6 is 0 Å². The lowest BCUT2D eigenvalue weighted by atomic mass is 9.90. The molecule has 4 amide bonds. The van der Waals surface area contributed by atoms with Gasteiger partial charge in [0, 0.05) is 11.1 Å². The molecule has 0 bridgehead atoms. The van der Waals surface area contributed by atoms with Crippen molar-refractivity contribution in [3.63, 3.8) is 0 Å². The third-order valence-electron chi connectivity index (χ3n) is 6.96. The van der Waals surface area contributed by atoms with Crippen molar-refractivity contribution in [2.24, 2.45) is 5.92 Å². The van der Waals surface area contributed by atoms with Crippen LogP contribution in [-0.2, 0) is 9.59 Å². The van der Waals surface area contributed by atoms with Crippen LogP contribution in [0, 0.1) is 5.92 Å². The first-order valence-corrected chi connectivity index (χ1v) is 14.9. The largest absolute Gasteiger partial charge is 0.870 e. The number of hydrogen-bond acceptors (Lipinski definition) is 8. The van der Waals surface area contributed by atoms with E-state index in [0.29, 0.717) is 64.6 Å². The maximum absolute atomic E-state index is 13.0. The fraction of sp³-hybridized carbons (Fsp3) is 0.548. The smallest absolute Gasteiger partial charge is 0.288 e. The van der Waals surface area contributed by atoms with Gasteiger partial charge in [-0.3, -0.25) is 24.4 Å². The second-order valence-electron chi connectivity index (χ2n) is 11.4. The molecule has 5 N–H and O–H groups in total. The Morgan fingerprint density at radius 1 is 1.02 bits per heavy atom. The fourth-order valence-corrected chi connectivity index (χ4v) is 4.62. The van der Waals surface area contributed by atoms with Crippen molar-refractivity contribution in [2.45, 2.75) is 58.9 Å². The van der Waals surface area contributed by atoms with Crippen LogP contribution in [0.25, 0.3) is 11.3 Å². The Morgan fingerprint density at radius 2 is 1.75 bits per heavy atom. The van der Waals surface area contributed by atoms with Crippen LogP contribution < -0.4 is 20.7 Å². The molecule has 0 unspecified atom stereocenters. The van der Waals surface area contributed by atoms with Crippen LogP contribution in [0.3, 0.4) is 0 Å². The lowest BCUT2D eigenvalue weighted by Gasteiger charge is -2.29. The highest BCUT2D eigenvalue weighted by molar-refractivity contribution is 5.96. The highest BCUT2D eigenvalue weighted by Gasteiger charge is 2.30. The molecule has 2 aromatic rings. The Kier molecular flexibility index (Phi) is 16.2. The number of ether oxygens (including phenoxy) is 1. The molecule has 1 aromatic heterocycles. The average Bonchev–Trinajstić information content (AvgIpc) is 3.46. The number of hydrogen-bond donors (Lipinski definition) is 4. The van der Waals surface area contributed by atoms with Crippen molar-refractivity contribution in [1.82, 2.24) is 21.0 Å². The molecule has 0 fully saturated rings. The number of nitrogens with zero attached hydrogens (tertiary/aromatic N) is 2. The summed E-state index contributed by atoms with van der Waals surface area (Å²) in [6.45, 7) is 7.20. The van der Waals surface area contributed by atoms with Crippen LogP contribution in [0.15, 0.2) is 34.7 Å². The minimum absolute atomic E-state index is 0. The van der Waals surface area contributed by atoms with Gasteiger partial charge in [0.1, 0.15) is 11.5 Å². The Bertz CT molecular complexity index is 1210. The molecule has 44 heavy (non-hydrogen) atoms. The number of furan rings is 1. The standard InChI is InChI=1S/C31H47N5O7.H2O/c1-7-10-11-12-25(26(8-2)35(41)21-37)30(39)33-20-34-31(40)28-14-13-27(43-28)22-17-23(19-24(18-22)42-9-3)29(38)32-15-16-36(4,5)6;/h13-14,17-19,21,25-26,41H,7-12,15-16,20H2,1-6H3,(H2-,32,33,34,38,39,40);1H2/t25-,26-;/m1./s1. The molecule has 0 radical (unpaired) electrons. The molecule has 1 aromatic carbocycles. The highest BCUT2D eigenvalue weighted by atomic mass is 16.5. The third kappa shape index (κ3) is 12.0. The zero-order valence-electron chi connectivity index (χ0n) is 26.7. The van der Waals surface area contributed by atoms with E-state index in [1.54, 1.807) is 31.2 Å². The molecule has 1 heterocycles. The number of nitrogens with one attached hydrogen (secondary N) is 3. The predicted octanol–water partition coefficient (Wildman–Crippen LogP) is 3.23. The summed E-state index contributed by atoms with van der Waals surface area (Å²) in [4.78, 5) is 49.8. The number of amides is 4. The molecule has 0 aliphatic carbocycles. The minimum atomic E-state index is -0.672. The zero-order chi connectivity index (χ0) is 32.0. The number of benzene rings is 1. The number of hydroxylamine groups is 2. The minimum Gasteiger partial charge on any atom is -0.870 e. The van der Waals surface area contributed by atoms with E-state index in [2.05, 4.69) is 16.0 Å². The summed E-state index contributed by atoms with van der Waals surface area (Å²) in [5.41, 5.74) is 0.974. The van der Waals surface area contributed by atoms with Crippen molar-refractivity contribution in [1.29, 1.82) is 0 Å². The zero-order valence-corrected chi connectivity index (χ0v) is 26.7. The van der Waals surface area contributed by atoms with Gasteiger partial charge in [-0.2, -0.15) is 0 Å². The molecule has 2 atom stereocenters. The summed E-state index contributed by atoms with van der Waals surface area (Å²) in [6.07, 6.45) is 3.84. The van der Waals surface area contributed by atoms with Crippen LogP contribution in [0.5, 0.6) is 5.75 Å². The van der Waals surface area contributed by atoms with Gasteiger partial charge in [0.15, 0.2) is 5.76 Å². The summed E-state index contributed by atoms with van der Waals surface area (Å²) in [6, 6.07) is 7.54. The molecule has 0 saturated carbocycles. The topological polar surface area (TPSA) is 180 Å². The van der Waals surface area contributed by atoms with Crippen molar-refractivity contribution in [3.8, 4) is 17.1 Å². The molecular weight excluding hydrogens is 570 g/mol. The first kappa shape index (κ1) is 38.1. The number of likely N-dealkylation sites (N-methyl/N-ethyl adjacent to an activating group) is 1. The van der Waals surface area contributed by atoms with Crippen LogP contribution in [0.2, 0.25) is 0 Å². The molecule has 0 saturated heterocycles. The van der Waals surface area contributed by atoms with Crippen molar-refractivity contribution in [3.05, 3.63) is 41.7 Å². The number of rotatable bonds is 19. The molecule has 13 heteroatoms. The van der Waals surface area contributed by atoms with Gasteiger partial charge in [0.25, 0.3) is 11.8 Å². The van der Waals surface area contributed by atoms with Gasteiger partial charge in [-0.1, -0.05) is 33.1 Å². The Balaban J connectivity index is 0.00000968. The van der Waals surface area contributed by atoms with Crippen LogP contribution in [0.4, 0.5) is 0 Å². The fourth-order valence-electron chi connectivity index (χ4n) is 4.62. The lowest BCUT2D eigenvalue weighted by molar-refractivity contribution is -0.869. The van der Waals surface area contributed by atoms with E-state index in [1.807, 2.05) is 35.0 Å². The third-order valence-corrected chi connectivity index (χ3v) is 6.96. The summed E-state index contributed by atoms with van der Waals surface area (Å²) in [5, 5.41) is 18.8. The quantitative estimate of drug-likeness (QED) is 0.0462. The Morgan fingerprint density at radius 3 is 2.36 bits per heavy atom. The Hall–Kier alpha value is -3.94. The lowest BCUT2D eigenvalue weighted by Crippen LogP contribution is -2.47. The number of carbonyl (C=O) groups is 4. The first-order valence-electron chi connectivity index (χ1n) is 14.9. The van der Waals surface area contributed by atoms with Gasteiger partial charge in [0.2, 0.25) is 12.3 Å². The SMILES string of the molecule is CCCCC[C@@H](C(=O)NCNC(=O)c1ccc(-c2cc(OCC)cc(C(=O)NCC[N+](C)(C)C)c2)o1)[C@@H](CC)N(O)C=O.[OH-]. The molecule has 13 nitrogen and oxygen atoms in total. The molecule has 246 valence electrons. The Labute approximate surface area is 259 Å². The van der Waals surface area contributed by atoms with Gasteiger partial charge in [-0.15, -0.1) is 0 Å². The predicted molar refractivity (Wildman–Crippen MR) is 164 cm³/mol. The average molecular weight is 620 g/mol. The normalized spacial score (nSPS) is 12.3. The maximum Gasteiger partial charge on any atom is 0.288 e. The summed E-state index contributed by atoms with van der Waals surface area (Å²) in [5.74, 6) is -0.899. The van der Waals surface area contributed by atoms with E-state index in [9.17, 15) is 24.4 Å². The second kappa shape index (κ2) is 18.7. The molecule has 0 aliphatic rings. The van der Waals surface area contributed by atoms with Crippen molar-refractivity contribution >= 4 is 24.1 Å². The number of quaternary nitrogens is 1. The molecule has 0 aliphatic heterocycles. The van der Waals surface area contributed by atoms with Crippen molar-refractivity contribution < 1.29 is 43.5 Å². The highest BCUT2D eigenvalue weighted by Crippen LogP contribution is 2.28. The first-order chi connectivity index (χ1) is 20.4. The van der Waals surface area contributed by atoms with Crippen LogP contribution in [0.1, 0.15) is 73.8 Å². The second-order valence-corrected chi connectivity index (χ2v) is 11.4. The van der Waals surface area contributed by atoms with Gasteiger partial charge in [-0.05, 0) is 50.1 Å². The van der Waals surface area contributed by atoms with E-state index in [1.165, 1.54) is 6.07 Å². The van der Waals surface area contributed by atoms with Gasteiger partial charge < -0.3 is 35.1 Å². The summed E-state index contributed by atoms with van der Waals surface area (Å²) >= 11 is 0. The van der Waals surface area contributed by atoms with E-state index in [0.717, 1.165) is 25.8 Å². The van der Waals surface area contributed by atoms with Gasteiger partial charge in [-0.25, -0.2) is 5.06 Å². The monoisotopic (exact) mass is 619 g/mol. The number of carbonyl (C=O) groups excluding carboxylic acids is 4. The molecule has 2 rings (SSSR count). The van der Waals surface area contributed by atoms with Gasteiger partial charge in [0.05, 0.1) is 59.5 Å². The summed E-state index contributed by atoms with van der Waals surface area (Å²) < 4.78 is 12.2.